The number of likely N-dealkylation sites (N-methyl/N-ethyl adjacent to an activating group) is 1. The zero-order valence-corrected chi connectivity index (χ0v) is 16.3. The Morgan fingerprint density at radius 1 is 1.17 bits per heavy atom. The van der Waals surface area contributed by atoms with Crippen LogP contribution >= 0.6 is 0 Å². The van der Waals surface area contributed by atoms with Crippen LogP contribution in [0.3, 0.4) is 0 Å². The lowest BCUT2D eigenvalue weighted by Gasteiger charge is -2.35. The van der Waals surface area contributed by atoms with Gasteiger partial charge in [-0.2, -0.15) is 0 Å². The van der Waals surface area contributed by atoms with E-state index in [1.165, 1.54) is 0 Å². The van der Waals surface area contributed by atoms with Crippen molar-refractivity contribution in [1.82, 2.24) is 10.6 Å². The number of ether oxygens (including phenoxy) is 1. The number of hydrogen-bond donors (Lipinski definition) is 2. The van der Waals surface area contributed by atoms with Crippen molar-refractivity contribution in [3.63, 3.8) is 0 Å². The SMILES string of the molecule is CNC(=O)[C@H]1CN(CC(=O)N[C@H](C)c2cc3ccccc3o2)c2ccccc2O1. The van der Waals surface area contributed by atoms with Gasteiger partial charge in [0.05, 0.1) is 24.8 Å². The molecule has 1 aliphatic heterocycles. The molecule has 29 heavy (non-hydrogen) atoms. The molecule has 3 aromatic rings. The maximum absolute atomic E-state index is 12.7. The summed E-state index contributed by atoms with van der Waals surface area (Å²) in [6.07, 6.45) is -0.671. The number of carbonyl (C=O) groups excluding carboxylic acids is 2. The zero-order chi connectivity index (χ0) is 20.4. The third-order valence-corrected chi connectivity index (χ3v) is 4.98. The number of para-hydroxylation sites is 3. The lowest BCUT2D eigenvalue weighted by Crippen LogP contribution is -2.50. The van der Waals surface area contributed by atoms with E-state index in [9.17, 15) is 9.59 Å². The van der Waals surface area contributed by atoms with Crippen LogP contribution in [0, 0.1) is 0 Å². The number of benzene rings is 2. The van der Waals surface area contributed by atoms with Crippen LogP contribution in [-0.2, 0) is 9.59 Å². The second-order valence-electron chi connectivity index (χ2n) is 7.04. The van der Waals surface area contributed by atoms with Crippen molar-refractivity contribution in [3.05, 3.63) is 60.4 Å². The normalized spacial score (nSPS) is 16.6. The first-order valence-corrected chi connectivity index (χ1v) is 9.55. The van der Waals surface area contributed by atoms with Crippen LogP contribution in [0.5, 0.6) is 5.75 Å². The summed E-state index contributed by atoms with van der Waals surface area (Å²) in [5, 5.41) is 6.58. The number of nitrogens with zero attached hydrogens (tertiary/aromatic N) is 1. The van der Waals surface area contributed by atoms with Gasteiger partial charge in [0.15, 0.2) is 6.10 Å². The van der Waals surface area contributed by atoms with Crippen LogP contribution in [0.25, 0.3) is 11.0 Å². The van der Waals surface area contributed by atoms with Gasteiger partial charge >= 0.3 is 0 Å². The van der Waals surface area contributed by atoms with E-state index in [-0.39, 0.29) is 24.4 Å². The molecule has 0 fully saturated rings. The number of nitrogens with one attached hydrogen (secondary N) is 2. The van der Waals surface area contributed by atoms with E-state index >= 15 is 0 Å². The van der Waals surface area contributed by atoms with Gasteiger partial charge in [-0.05, 0) is 31.2 Å². The Bertz CT molecular complexity index is 1010. The first-order chi connectivity index (χ1) is 14.0. The number of anilines is 1. The van der Waals surface area contributed by atoms with Gasteiger partial charge in [0.25, 0.3) is 5.91 Å². The molecule has 0 saturated heterocycles. The molecular formula is C22H23N3O4. The number of carbonyl (C=O) groups is 2. The van der Waals surface area contributed by atoms with Gasteiger partial charge in [-0.25, -0.2) is 0 Å². The van der Waals surface area contributed by atoms with E-state index in [1.807, 2.05) is 60.4 Å². The van der Waals surface area contributed by atoms with Crippen LogP contribution in [0.2, 0.25) is 0 Å². The predicted molar refractivity (Wildman–Crippen MR) is 110 cm³/mol. The Morgan fingerprint density at radius 2 is 1.93 bits per heavy atom. The van der Waals surface area contributed by atoms with E-state index in [0.29, 0.717) is 18.1 Å². The molecule has 0 bridgehead atoms. The van der Waals surface area contributed by atoms with Gasteiger partial charge in [-0.3, -0.25) is 9.59 Å². The van der Waals surface area contributed by atoms with Crippen molar-refractivity contribution in [1.29, 1.82) is 0 Å². The average Bonchev–Trinajstić information content (AvgIpc) is 3.17. The summed E-state index contributed by atoms with van der Waals surface area (Å²) in [4.78, 5) is 26.7. The van der Waals surface area contributed by atoms with Crippen molar-refractivity contribution in [3.8, 4) is 5.75 Å². The number of amides is 2. The molecule has 0 unspecified atom stereocenters. The summed E-state index contributed by atoms with van der Waals surface area (Å²) in [7, 11) is 1.57. The average molecular weight is 393 g/mol. The Labute approximate surface area is 168 Å². The second kappa shape index (κ2) is 7.87. The molecule has 0 radical (unpaired) electrons. The maximum Gasteiger partial charge on any atom is 0.262 e. The summed E-state index contributed by atoms with van der Waals surface area (Å²) < 4.78 is 11.6. The highest BCUT2D eigenvalue weighted by Gasteiger charge is 2.31. The molecule has 1 aromatic heterocycles. The van der Waals surface area contributed by atoms with Crippen LogP contribution < -0.4 is 20.3 Å². The zero-order valence-electron chi connectivity index (χ0n) is 16.3. The smallest absolute Gasteiger partial charge is 0.262 e. The molecule has 2 aromatic carbocycles. The van der Waals surface area contributed by atoms with E-state index in [0.717, 1.165) is 16.7 Å². The molecule has 7 nitrogen and oxygen atoms in total. The van der Waals surface area contributed by atoms with Gasteiger partial charge in [-0.1, -0.05) is 30.3 Å². The van der Waals surface area contributed by atoms with Crippen molar-refractivity contribution < 1.29 is 18.7 Å². The van der Waals surface area contributed by atoms with Gasteiger partial charge in [0, 0.05) is 12.4 Å². The van der Waals surface area contributed by atoms with Gasteiger partial charge in [0.2, 0.25) is 5.91 Å². The molecule has 4 rings (SSSR count). The molecule has 2 heterocycles. The quantitative estimate of drug-likeness (QED) is 0.696. The minimum absolute atomic E-state index is 0.110. The monoisotopic (exact) mass is 393 g/mol. The molecule has 0 saturated carbocycles. The van der Waals surface area contributed by atoms with Crippen LogP contribution in [0.15, 0.2) is 59.0 Å². The van der Waals surface area contributed by atoms with E-state index in [4.69, 9.17) is 9.15 Å². The largest absolute Gasteiger partial charge is 0.477 e. The minimum atomic E-state index is -0.671. The van der Waals surface area contributed by atoms with Crippen molar-refractivity contribution in [2.75, 3.05) is 25.0 Å². The third-order valence-electron chi connectivity index (χ3n) is 4.98. The Morgan fingerprint density at radius 3 is 2.72 bits per heavy atom. The molecule has 0 spiro atoms. The topological polar surface area (TPSA) is 83.8 Å². The van der Waals surface area contributed by atoms with Crippen LogP contribution in [-0.4, -0.2) is 38.1 Å². The Balaban J connectivity index is 1.47. The number of hydrogen-bond acceptors (Lipinski definition) is 5. The van der Waals surface area contributed by atoms with Gasteiger partial charge in [0.1, 0.15) is 17.1 Å². The molecular weight excluding hydrogens is 370 g/mol. The van der Waals surface area contributed by atoms with Gasteiger partial charge < -0.3 is 24.7 Å². The third kappa shape index (κ3) is 3.89. The summed E-state index contributed by atoms with van der Waals surface area (Å²) in [5.74, 6) is 0.904. The highest BCUT2D eigenvalue weighted by molar-refractivity contribution is 5.86. The minimum Gasteiger partial charge on any atom is -0.477 e. The maximum atomic E-state index is 12.7. The van der Waals surface area contributed by atoms with Crippen molar-refractivity contribution in [2.24, 2.45) is 0 Å². The Hall–Kier alpha value is -3.48. The van der Waals surface area contributed by atoms with E-state index < -0.39 is 6.10 Å². The Kier molecular flexibility index (Phi) is 5.12. The van der Waals surface area contributed by atoms with E-state index in [1.54, 1.807) is 13.1 Å². The van der Waals surface area contributed by atoms with E-state index in [2.05, 4.69) is 10.6 Å². The fourth-order valence-corrected chi connectivity index (χ4v) is 3.50. The lowest BCUT2D eigenvalue weighted by molar-refractivity contribution is -0.127. The summed E-state index contributed by atoms with van der Waals surface area (Å²) in [6, 6.07) is 16.8. The highest BCUT2D eigenvalue weighted by Crippen LogP contribution is 2.33. The molecule has 2 atom stereocenters. The van der Waals surface area contributed by atoms with Crippen LogP contribution in [0.4, 0.5) is 5.69 Å². The fraction of sp³-hybridized carbons (Fsp3) is 0.273. The van der Waals surface area contributed by atoms with Crippen molar-refractivity contribution in [2.45, 2.75) is 19.1 Å². The number of furan rings is 1. The highest BCUT2D eigenvalue weighted by atomic mass is 16.5. The molecule has 2 N–H and O–H groups in total. The summed E-state index contributed by atoms with van der Waals surface area (Å²) in [6.45, 7) is 2.29. The second-order valence-corrected chi connectivity index (χ2v) is 7.04. The lowest BCUT2D eigenvalue weighted by atomic mass is 10.1. The van der Waals surface area contributed by atoms with Crippen LogP contribution in [0.1, 0.15) is 18.7 Å². The standard InChI is InChI=1S/C22H23N3O4/c1-14(19-11-15-7-3-5-9-17(15)28-19)24-21(26)13-25-12-20(22(27)23-2)29-18-10-6-4-8-16(18)25/h3-11,14,20H,12-13H2,1-2H3,(H,23,27)(H,24,26)/t14-,20-/m1/s1. The molecule has 150 valence electrons. The molecule has 7 heteroatoms. The molecule has 1 aliphatic rings. The molecule has 0 aliphatic carbocycles. The van der Waals surface area contributed by atoms with Crippen molar-refractivity contribution >= 4 is 28.5 Å². The fourth-order valence-electron chi connectivity index (χ4n) is 3.50. The first kappa shape index (κ1) is 18.9. The summed E-state index contributed by atoms with van der Waals surface area (Å²) >= 11 is 0. The first-order valence-electron chi connectivity index (χ1n) is 9.55. The molecule has 2 amide bonds. The number of rotatable bonds is 5. The van der Waals surface area contributed by atoms with Gasteiger partial charge in [-0.15, -0.1) is 0 Å². The predicted octanol–water partition coefficient (Wildman–Crippen LogP) is 2.62. The summed E-state index contributed by atoms with van der Waals surface area (Å²) in [5.41, 5.74) is 1.58. The number of fused-ring (bicyclic) bond motifs is 2.